The van der Waals surface area contributed by atoms with E-state index in [1.54, 1.807) is 20.8 Å². The fourth-order valence-electron chi connectivity index (χ4n) is 1.91. The fraction of sp³-hybridized carbons (Fsp3) is 0.909. The third-order valence-corrected chi connectivity index (χ3v) is 2.65. The summed E-state index contributed by atoms with van der Waals surface area (Å²) in [6.07, 6.45) is 0.543. The largest absolute Gasteiger partial charge is 0.444 e. The summed E-state index contributed by atoms with van der Waals surface area (Å²) in [6.45, 7) is 5.16. The van der Waals surface area contributed by atoms with Gasteiger partial charge in [0.25, 0.3) is 0 Å². The van der Waals surface area contributed by atoms with Crippen molar-refractivity contribution in [2.45, 2.75) is 57.3 Å². The van der Waals surface area contributed by atoms with Gasteiger partial charge in [-0.25, -0.2) is 4.79 Å². The molecule has 1 aliphatic rings. The highest BCUT2D eigenvalue weighted by Gasteiger charge is 2.40. The van der Waals surface area contributed by atoms with Crippen molar-refractivity contribution in [2.75, 3.05) is 6.61 Å². The van der Waals surface area contributed by atoms with Crippen LogP contribution in [0.5, 0.6) is 0 Å². The van der Waals surface area contributed by atoms with Gasteiger partial charge in [0.2, 0.25) is 0 Å². The van der Waals surface area contributed by atoms with Crippen LogP contribution in [0.2, 0.25) is 0 Å². The predicted octanol–water partition coefficient (Wildman–Crippen LogP) is 0.787. The summed E-state index contributed by atoms with van der Waals surface area (Å²) in [5.74, 6) is 0. The molecule has 16 heavy (non-hydrogen) atoms. The zero-order valence-corrected chi connectivity index (χ0v) is 10.1. The van der Waals surface area contributed by atoms with Crippen molar-refractivity contribution in [2.24, 2.45) is 0 Å². The minimum Gasteiger partial charge on any atom is -0.444 e. The summed E-state index contributed by atoms with van der Waals surface area (Å²) in [5.41, 5.74) is -1.28. The number of carbonyl (C=O) groups excluding carboxylic acids is 1. The van der Waals surface area contributed by atoms with E-state index in [1.165, 1.54) is 0 Å². The monoisotopic (exact) mass is 231 g/mol. The number of amides is 1. The molecule has 5 heteroatoms. The van der Waals surface area contributed by atoms with E-state index in [0.29, 0.717) is 19.3 Å². The predicted molar refractivity (Wildman–Crippen MR) is 59.0 cm³/mol. The van der Waals surface area contributed by atoms with Crippen LogP contribution in [0, 0.1) is 0 Å². The summed E-state index contributed by atoms with van der Waals surface area (Å²) in [6, 6.07) is 0. The standard InChI is InChI=1S/C11H21NO4/c1-10(2,3)16-9(15)12-11(7-13)5-4-8(14)6-11/h8,13-14H,4-7H2,1-3H3,(H,12,15)/t8-,11+/m1/s1. The molecule has 1 aliphatic carbocycles. The Bertz CT molecular complexity index is 261. The quantitative estimate of drug-likeness (QED) is 0.656. The number of rotatable bonds is 2. The highest BCUT2D eigenvalue weighted by atomic mass is 16.6. The number of ether oxygens (including phenoxy) is 1. The average Bonchev–Trinajstić information content (AvgIpc) is 2.44. The molecule has 0 aliphatic heterocycles. The van der Waals surface area contributed by atoms with E-state index in [2.05, 4.69) is 5.32 Å². The summed E-state index contributed by atoms with van der Waals surface area (Å²) in [7, 11) is 0. The van der Waals surface area contributed by atoms with Crippen molar-refractivity contribution in [1.29, 1.82) is 0 Å². The highest BCUT2D eigenvalue weighted by molar-refractivity contribution is 5.69. The number of aliphatic hydroxyl groups is 2. The molecule has 0 spiro atoms. The van der Waals surface area contributed by atoms with Crippen LogP contribution in [0.4, 0.5) is 4.79 Å². The number of nitrogens with one attached hydrogen (secondary N) is 1. The fourth-order valence-corrected chi connectivity index (χ4v) is 1.91. The summed E-state index contributed by atoms with van der Waals surface area (Å²) < 4.78 is 5.12. The first-order valence-corrected chi connectivity index (χ1v) is 5.56. The van der Waals surface area contributed by atoms with Crippen molar-refractivity contribution >= 4 is 6.09 Å². The molecule has 0 aromatic carbocycles. The first-order valence-electron chi connectivity index (χ1n) is 5.56. The Morgan fingerprint density at radius 1 is 1.56 bits per heavy atom. The summed E-state index contributed by atoms with van der Waals surface area (Å²) in [4.78, 5) is 11.6. The van der Waals surface area contributed by atoms with Gasteiger partial charge in [-0.2, -0.15) is 0 Å². The molecule has 2 atom stereocenters. The van der Waals surface area contributed by atoms with Gasteiger partial charge < -0.3 is 20.3 Å². The van der Waals surface area contributed by atoms with E-state index >= 15 is 0 Å². The van der Waals surface area contributed by atoms with Gasteiger partial charge in [0.1, 0.15) is 5.60 Å². The Balaban J connectivity index is 2.54. The van der Waals surface area contributed by atoms with Crippen LogP contribution in [0.1, 0.15) is 40.0 Å². The molecule has 0 aromatic heterocycles. The number of carbonyl (C=O) groups is 1. The first-order chi connectivity index (χ1) is 7.26. The Hall–Kier alpha value is -0.810. The molecule has 1 saturated carbocycles. The lowest BCUT2D eigenvalue weighted by Crippen LogP contribution is -2.51. The molecule has 0 saturated heterocycles. The van der Waals surface area contributed by atoms with E-state index < -0.39 is 23.3 Å². The second kappa shape index (κ2) is 4.59. The van der Waals surface area contributed by atoms with Crippen LogP contribution in [0.25, 0.3) is 0 Å². The molecule has 1 amide bonds. The van der Waals surface area contributed by atoms with Crippen molar-refractivity contribution in [3.8, 4) is 0 Å². The van der Waals surface area contributed by atoms with Crippen molar-refractivity contribution in [3.05, 3.63) is 0 Å². The molecule has 0 heterocycles. The van der Waals surface area contributed by atoms with E-state index in [4.69, 9.17) is 4.74 Å². The molecule has 0 aromatic rings. The van der Waals surface area contributed by atoms with Gasteiger partial charge in [-0.3, -0.25) is 0 Å². The van der Waals surface area contributed by atoms with E-state index in [1.807, 2.05) is 0 Å². The van der Waals surface area contributed by atoms with Crippen LogP contribution in [0.15, 0.2) is 0 Å². The zero-order valence-electron chi connectivity index (χ0n) is 10.1. The highest BCUT2D eigenvalue weighted by Crippen LogP contribution is 2.29. The maximum atomic E-state index is 11.6. The maximum Gasteiger partial charge on any atom is 0.408 e. The molecular weight excluding hydrogens is 210 g/mol. The van der Waals surface area contributed by atoms with Gasteiger partial charge in [-0.05, 0) is 40.0 Å². The lowest BCUT2D eigenvalue weighted by molar-refractivity contribution is 0.0387. The number of hydrogen-bond acceptors (Lipinski definition) is 4. The van der Waals surface area contributed by atoms with E-state index in [0.717, 1.165) is 0 Å². The SMILES string of the molecule is CC(C)(C)OC(=O)N[C@@]1(CO)CC[C@@H](O)C1. The lowest BCUT2D eigenvalue weighted by Gasteiger charge is -2.29. The lowest BCUT2D eigenvalue weighted by atomic mass is 9.99. The summed E-state index contributed by atoms with van der Waals surface area (Å²) >= 11 is 0. The number of alkyl carbamates (subject to hydrolysis) is 1. The van der Waals surface area contributed by atoms with Crippen LogP contribution < -0.4 is 5.32 Å². The smallest absolute Gasteiger partial charge is 0.408 e. The normalized spacial score (nSPS) is 30.2. The number of hydrogen-bond donors (Lipinski definition) is 3. The topological polar surface area (TPSA) is 78.8 Å². The molecule has 3 N–H and O–H groups in total. The summed E-state index contributed by atoms with van der Waals surface area (Å²) in [5, 5.41) is 21.4. The van der Waals surface area contributed by atoms with Crippen LogP contribution in [-0.2, 0) is 4.74 Å². The van der Waals surface area contributed by atoms with Gasteiger partial charge in [0.05, 0.1) is 18.2 Å². The Morgan fingerprint density at radius 3 is 2.56 bits per heavy atom. The molecule has 5 nitrogen and oxygen atoms in total. The first kappa shape index (κ1) is 13.3. The van der Waals surface area contributed by atoms with Gasteiger partial charge >= 0.3 is 6.09 Å². The minimum absolute atomic E-state index is 0.177. The van der Waals surface area contributed by atoms with Crippen molar-refractivity contribution in [3.63, 3.8) is 0 Å². The Morgan fingerprint density at radius 2 is 2.19 bits per heavy atom. The molecular formula is C11H21NO4. The molecule has 1 rings (SSSR count). The third kappa shape index (κ3) is 3.64. The number of aliphatic hydroxyl groups excluding tert-OH is 2. The Kier molecular flexibility index (Phi) is 3.80. The third-order valence-electron chi connectivity index (χ3n) is 2.65. The van der Waals surface area contributed by atoms with Gasteiger partial charge in [0, 0.05) is 0 Å². The second-order valence-electron chi connectivity index (χ2n) is 5.46. The van der Waals surface area contributed by atoms with Gasteiger partial charge in [-0.15, -0.1) is 0 Å². The van der Waals surface area contributed by atoms with Crippen molar-refractivity contribution in [1.82, 2.24) is 5.32 Å². The molecule has 0 radical (unpaired) electrons. The second-order valence-corrected chi connectivity index (χ2v) is 5.46. The van der Waals surface area contributed by atoms with Crippen LogP contribution in [-0.4, -0.2) is 40.2 Å². The molecule has 0 unspecified atom stereocenters. The van der Waals surface area contributed by atoms with Crippen LogP contribution >= 0.6 is 0 Å². The van der Waals surface area contributed by atoms with E-state index in [-0.39, 0.29) is 6.61 Å². The Labute approximate surface area is 95.8 Å². The molecule has 0 bridgehead atoms. The maximum absolute atomic E-state index is 11.6. The average molecular weight is 231 g/mol. The van der Waals surface area contributed by atoms with Crippen molar-refractivity contribution < 1.29 is 19.7 Å². The van der Waals surface area contributed by atoms with Gasteiger partial charge in [-0.1, -0.05) is 0 Å². The van der Waals surface area contributed by atoms with Crippen LogP contribution in [0.3, 0.4) is 0 Å². The van der Waals surface area contributed by atoms with Gasteiger partial charge in [0.15, 0.2) is 0 Å². The zero-order chi connectivity index (χ0) is 12.4. The molecule has 1 fully saturated rings. The van der Waals surface area contributed by atoms with E-state index in [9.17, 15) is 15.0 Å². The minimum atomic E-state index is -0.720. The molecule has 94 valence electrons.